The zero-order valence-corrected chi connectivity index (χ0v) is 11.5. The number of carboxylic acids is 1. The van der Waals surface area contributed by atoms with Gasteiger partial charge in [-0.25, -0.2) is 4.79 Å². The Kier molecular flexibility index (Phi) is 3.71. The summed E-state index contributed by atoms with van der Waals surface area (Å²) in [6.45, 7) is 0. The fraction of sp³-hybridized carbons (Fsp3) is 0.0769. The molecule has 1 aromatic carbocycles. The van der Waals surface area contributed by atoms with Crippen molar-refractivity contribution in [2.45, 2.75) is 0 Å². The summed E-state index contributed by atoms with van der Waals surface area (Å²) in [4.78, 5) is 25.6. The van der Waals surface area contributed by atoms with E-state index in [0.29, 0.717) is 11.3 Å². The molecular formula is C13H10BrNO4. The molecule has 19 heavy (non-hydrogen) atoms. The van der Waals surface area contributed by atoms with E-state index in [0.717, 1.165) is 4.47 Å². The normalized spacial score (nSPS) is 10.2. The van der Waals surface area contributed by atoms with Gasteiger partial charge in [-0.1, -0.05) is 15.9 Å². The van der Waals surface area contributed by atoms with Crippen molar-refractivity contribution in [3.05, 3.63) is 51.8 Å². The summed E-state index contributed by atoms with van der Waals surface area (Å²) >= 11 is 3.29. The van der Waals surface area contributed by atoms with Crippen LogP contribution < -0.4 is 4.74 Å². The molecule has 98 valence electrons. The second-order valence-corrected chi connectivity index (χ2v) is 4.70. The first-order valence-electron chi connectivity index (χ1n) is 5.33. The van der Waals surface area contributed by atoms with Crippen molar-refractivity contribution in [3.8, 4) is 5.75 Å². The standard InChI is InChI=1S/C13H10BrNO4/c1-19-11-5-8(14)2-3-9(11)12(16)7-4-10(13(17)18)15-6-7/h2-6,15H,1H3,(H,17,18). The summed E-state index contributed by atoms with van der Waals surface area (Å²) in [5, 5.41) is 8.81. The van der Waals surface area contributed by atoms with Crippen LogP contribution >= 0.6 is 15.9 Å². The maximum Gasteiger partial charge on any atom is 0.352 e. The molecule has 1 aromatic heterocycles. The van der Waals surface area contributed by atoms with Crippen LogP contribution in [0.3, 0.4) is 0 Å². The molecule has 2 aromatic rings. The maximum atomic E-state index is 12.3. The lowest BCUT2D eigenvalue weighted by molar-refractivity contribution is 0.0691. The third-order valence-electron chi connectivity index (χ3n) is 2.58. The lowest BCUT2D eigenvalue weighted by Crippen LogP contribution is -2.03. The molecule has 2 N–H and O–H groups in total. The molecular weight excluding hydrogens is 314 g/mol. The largest absolute Gasteiger partial charge is 0.496 e. The van der Waals surface area contributed by atoms with Crippen molar-refractivity contribution in [3.63, 3.8) is 0 Å². The average molecular weight is 324 g/mol. The number of carbonyl (C=O) groups excluding carboxylic acids is 1. The number of hydrogen-bond donors (Lipinski definition) is 2. The highest BCUT2D eigenvalue weighted by Crippen LogP contribution is 2.26. The molecule has 0 unspecified atom stereocenters. The molecule has 5 nitrogen and oxygen atoms in total. The van der Waals surface area contributed by atoms with Gasteiger partial charge in [0, 0.05) is 16.2 Å². The SMILES string of the molecule is COc1cc(Br)ccc1C(=O)c1c[nH]c(C(=O)O)c1. The van der Waals surface area contributed by atoms with Gasteiger partial charge in [0.15, 0.2) is 5.78 Å². The van der Waals surface area contributed by atoms with E-state index in [4.69, 9.17) is 9.84 Å². The van der Waals surface area contributed by atoms with E-state index in [9.17, 15) is 9.59 Å². The van der Waals surface area contributed by atoms with Crippen molar-refractivity contribution in [2.75, 3.05) is 7.11 Å². The van der Waals surface area contributed by atoms with E-state index in [2.05, 4.69) is 20.9 Å². The Morgan fingerprint density at radius 2 is 2.05 bits per heavy atom. The second-order valence-electron chi connectivity index (χ2n) is 3.78. The topological polar surface area (TPSA) is 79.4 Å². The van der Waals surface area contributed by atoms with Crippen LogP contribution in [0.5, 0.6) is 5.75 Å². The van der Waals surface area contributed by atoms with Crippen molar-refractivity contribution in [1.82, 2.24) is 4.98 Å². The highest BCUT2D eigenvalue weighted by Gasteiger charge is 2.17. The van der Waals surface area contributed by atoms with Crippen LogP contribution in [0, 0.1) is 0 Å². The predicted molar refractivity (Wildman–Crippen MR) is 71.9 cm³/mol. The fourth-order valence-corrected chi connectivity index (χ4v) is 2.00. The van der Waals surface area contributed by atoms with E-state index in [-0.39, 0.29) is 17.0 Å². The number of hydrogen-bond acceptors (Lipinski definition) is 3. The molecule has 2 rings (SSSR count). The summed E-state index contributed by atoms with van der Waals surface area (Å²) in [7, 11) is 1.47. The molecule has 6 heteroatoms. The van der Waals surface area contributed by atoms with Crippen LogP contribution in [-0.4, -0.2) is 29.0 Å². The molecule has 1 heterocycles. The quantitative estimate of drug-likeness (QED) is 0.848. The smallest absolute Gasteiger partial charge is 0.352 e. The summed E-state index contributed by atoms with van der Waals surface area (Å²) in [6.07, 6.45) is 1.37. The first-order valence-corrected chi connectivity index (χ1v) is 6.12. The van der Waals surface area contributed by atoms with Gasteiger partial charge in [0.1, 0.15) is 11.4 Å². The molecule has 0 saturated heterocycles. The lowest BCUT2D eigenvalue weighted by Gasteiger charge is -2.06. The number of nitrogens with one attached hydrogen (secondary N) is 1. The molecule has 0 radical (unpaired) electrons. The minimum absolute atomic E-state index is 0.0283. The van der Waals surface area contributed by atoms with E-state index >= 15 is 0 Å². The van der Waals surface area contributed by atoms with Crippen molar-refractivity contribution in [1.29, 1.82) is 0 Å². The molecule has 0 bridgehead atoms. The van der Waals surface area contributed by atoms with E-state index in [1.54, 1.807) is 18.2 Å². The van der Waals surface area contributed by atoms with Crippen molar-refractivity contribution < 1.29 is 19.4 Å². The number of H-pyrrole nitrogens is 1. The summed E-state index contributed by atoms with van der Waals surface area (Å²) in [5.74, 6) is -0.979. The number of ether oxygens (including phenoxy) is 1. The Hall–Kier alpha value is -2.08. The maximum absolute atomic E-state index is 12.3. The van der Waals surface area contributed by atoms with Crippen LogP contribution in [0.15, 0.2) is 34.9 Å². The number of aromatic amines is 1. The number of carbonyl (C=O) groups is 2. The number of aromatic nitrogens is 1. The average Bonchev–Trinajstić information content (AvgIpc) is 2.87. The monoisotopic (exact) mass is 323 g/mol. The minimum Gasteiger partial charge on any atom is -0.496 e. The van der Waals surface area contributed by atoms with E-state index < -0.39 is 5.97 Å². The number of ketones is 1. The lowest BCUT2D eigenvalue weighted by atomic mass is 10.0. The first-order chi connectivity index (χ1) is 9.02. The number of methoxy groups -OCH3 is 1. The van der Waals surface area contributed by atoms with Gasteiger partial charge in [-0.3, -0.25) is 4.79 Å². The number of rotatable bonds is 4. The molecule has 0 atom stereocenters. The first kappa shape index (κ1) is 13.4. The summed E-state index contributed by atoms with van der Waals surface area (Å²) in [5.41, 5.74) is 0.624. The molecule has 0 aliphatic heterocycles. The third kappa shape index (κ3) is 2.68. The number of carboxylic acid groups (broad SMARTS) is 1. The predicted octanol–water partition coefficient (Wildman–Crippen LogP) is 2.71. The molecule has 0 aliphatic carbocycles. The molecule has 0 saturated carbocycles. The Labute approximate surface area is 117 Å². The summed E-state index contributed by atoms with van der Waals surface area (Å²) < 4.78 is 5.94. The summed E-state index contributed by atoms with van der Waals surface area (Å²) in [6, 6.07) is 6.32. The van der Waals surface area contributed by atoms with E-state index in [1.165, 1.54) is 19.4 Å². The van der Waals surface area contributed by atoms with Crippen LogP contribution in [0.4, 0.5) is 0 Å². The van der Waals surface area contributed by atoms with Crippen molar-refractivity contribution in [2.24, 2.45) is 0 Å². The van der Waals surface area contributed by atoms with Gasteiger partial charge in [0.25, 0.3) is 0 Å². The van der Waals surface area contributed by atoms with Gasteiger partial charge in [-0.15, -0.1) is 0 Å². The molecule has 0 fully saturated rings. The van der Waals surface area contributed by atoms with Crippen LogP contribution in [0.25, 0.3) is 0 Å². The zero-order chi connectivity index (χ0) is 14.0. The Balaban J connectivity index is 2.40. The fourth-order valence-electron chi connectivity index (χ4n) is 1.66. The minimum atomic E-state index is -1.11. The molecule has 0 aliphatic rings. The Morgan fingerprint density at radius 1 is 1.32 bits per heavy atom. The van der Waals surface area contributed by atoms with Crippen LogP contribution in [0.1, 0.15) is 26.4 Å². The number of halogens is 1. The molecule has 0 amide bonds. The van der Waals surface area contributed by atoms with Gasteiger partial charge in [-0.05, 0) is 24.3 Å². The van der Waals surface area contributed by atoms with Crippen molar-refractivity contribution >= 4 is 27.7 Å². The van der Waals surface area contributed by atoms with Gasteiger partial charge in [0.05, 0.1) is 12.7 Å². The van der Waals surface area contributed by atoms with E-state index in [1.807, 2.05) is 0 Å². The molecule has 0 spiro atoms. The Bertz CT molecular complexity index is 648. The second kappa shape index (κ2) is 5.27. The highest BCUT2D eigenvalue weighted by atomic mass is 79.9. The third-order valence-corrected chi connectivity index (χ3v) is 3.08. The number of aromatic carboxylic acids is 1. The van der Waals surface area contributed by atoms with Gasteiger partial charge in [0.2, 0.25) is 0 Å². The van der Waals surface area contributed by atoms with Gasteiger partial charge in [-0.2, -0.15) is 0 Å². The highest BCUT2D eigenvalue weighted by molar-refractivity contribution is 9.10. The number of benzene rings is 1. The van der Waals surface area contributed by atoms with Crippen LogP contribution in [0.2, 0.25) is 0 Å². The van der Waals surface area contributed by atoms with Gasteiger partial charge < -0.3 is 14.8 Å². The Morgan fingerprint density at radius 3 is 2.63 bits per heavy atom. The van der Waals surface area contributed by atoms with Gasteiger partial charge >= 0.3 is 5.97 Å². The van der Waals surface area contributed by atoms with Crippen LogP contribution in [-0.2, 0) is 0 Å². The zero-order valence-electron chi connectivity index (χ0n) is 9.94.